The number of benzene rings is 1. The molecule has 0 aromatic heterocycles. The summed E-state index contributed by atoms with van der Waals surface area (Å²) in [4.78, 5) is 6.56. The van der Waals surface area contributed by atoms with Gasteiger partial charge in [0.15, 0.2) is 5.96 Å². The molecule has 25 heavy (non-hydrogen) atoms. The number of hydrogen-bond donors (Lipinski definition) is 1. The second kappa shape index (κ2) is 8.08. The maximum Gasteiger partial charge on any atom is 0.411 e. The number of ether oxygens (including phenoxy) is 1. The first-order chi connectivity index (χ1) is 11.7. The fourth-order valence-electron chi connectivity index (χ4n) is 2.92. The highest BCUT2D eigenvalue weighted by Gasteiger charge is 2.30. The van der Waals surface area contributed by atoms with Crippen LogP contribution in [0.5, 0.6) is 0 Å². The molecule has 140 valence electrons. The molecule has 0 spiro atoms. The van der Waals surface area contributed by atoms with Crippen LogP contribution >= 0.6 is 0 Å². The predicted molar refractivity (Wildman–Crippen MR) is 92.3 cm³/mol. The number of hydrogen-bond acceptors (Lipinski definition) is 2. The van der Waals surface area contributed by atoms with E-state index >= 15 is 0 Å². The lowest BCUT2D eigenvalue weighted by atomic mass is 9.93. The van der Waals surface area contributed by atoms with E-state index in [4.69, 9.17) is 4.74 Å². The molecular formula is C18H26F3N3O. The normalized spacial score (nSPS) is 17.8. The molecule has 4 nitrogen and oxygen atoms in total. The first kappa shape index (κ1) is 19.6. The number of nitrogens with one attached hydrogen (secondary N) is 1. The maximum absolute atomic E-state index is 12.1. The zero-order chi connectivity index (χ0) is 18.5. The van der Waals surface area contributed by atoms with E-state index in [2.05, 4.69) is 29.1 Å². The van der Waals surface area contributed by atoms with Gasteiger partial charge >= 0.3 is 6.18 Å². The van der Waals surface area contributed by atoms with Crippen molar-refractivity contribution in [2.75, 3.05) is 26.7 Å². The van der Waals surface area contributed by atoms with Gasteiger partial charge in [-0.05, 0) is 23.0 Å². The molecule has 0 amide bonds. The number of rotatable bonds is 5. The van der Waals surface area contributed by atoms with Gasteiger partial charge in [-0.15, -0.1) is 0 Å². The van der Waals surface area contributed by atoms with Crippen LogP contribution in [0.25, 0.3) is 0 Å². The van der Waals surface area contributed by atoms with Crippen molar-refractivity contribution < 1.29 is 17.9 Å². The van der Waals surface area contributed by atoms with Gasteiger partial charge in [-0.3, -0.25) is 4.99 Å². The van der Waals surface area contributed by atoms with Crippen LogP contribution in [0.1, 0.15) is 31.4 Å². The van der Waals surface area contributed by atoms with Crippen molar-refractivity contribution >= 4 is 5.96 Å². The van der Waals surface area contributed by atoms with Crippen LogP contribution < -0.4 is 5.32 Å². The van der Waals surface area contributed by atoms with Crippen LogP contribution in [0.2, 0.25) is 0 Å². The van der Waals surface area contributed by atoms with Crippen molar-refractivity contribution in [3.05, 3.63) is 35.4 Å². The quantitative estimate of drug-likeness (QED) is 0.647. The summed E-state index contributed by atoms with van der Waals surface area (Å²) in [6, 6.07) is 7.37. The molecular weight excluding hydrogens is 331 g/mol. The Kier molecular flexibility index (Phi) is 6.32. The van der Waals surface area contributed by atoms with E-state index in [9.17, 15) is 13.2 Å². The summed E-state index contributed by atoms with van der Waals surface area (Å²) in [6.45, 7) is 5.69. The molecule has 0 bridgehead atoms. The lowest BCUT2D eigenvalue weighted by Gasteiger charge is -2.23. The summed E-state index contributed by atoms with van der Waals surface area (Å²) in [5.41, 5.74) is 1.99. The van der Waals surface area contributed by atoms with Gasteiger partial charge in [0.1, 0.15) is 6.61 Å². The van der Waals surface area contributed by atoms with Gasteiger partial charge in [-0.1, -0.05) is 38.1 Å². The van der Waals surface area contributed by atoms with Crippen molar-refractivity contribution in [2.24, 2.45) is 10.4 Å². The lowest BCUT2D eigenvalue weighted by Crippen LogP contribution is -2.40. The third kappa shape index (κ3) is 6.57. The summed E-state index contributed by atoms with van der Waals surface area (Å²) in [6.07, 6.45) is -3.17. The number of alkyl halides is 3. The summed E-state index contributed by atoms with van der Waals surface area (Å²) < 4.78 is 41.1. The Morgan fingerprint density at radius 2 is 2.04 bits per heavy atom. The summed E-state index contributed by atoms with van der Waals surface area (Å²) in [7, 11) is 1.76. The number of guanidine groups is 1. The van der Waals surface area contributed by atoms with Crippen LogP contribution in [0, 0.1) is 5.41 Å². The van der Waals surface area contributed by atoms with Gasteiger partial charge in [0, 0.05) is 26.7 Å². The molecule has 0 atom stereocenters. The van der Waals surface area contributed by atoms with E-state index in [0.717, 1.165) is 36.6 Å². The number of halogens is 3. The average molecular weight is 357 g/mol. The fourth-order valence-corrected chi connectivity index (χ4v) is 2.92. The van der Waals surface area contributed by atoms with Crippen LogP contribution in [0.15, 0.2) is 29.3 Å². The Bertz CT molecular complexity index is 599. The van der Waals surface area contributed by atoms with Crippen LogP contribution in [-0.2, 0) is 17.9 Å². The Labute approximate surface area is 147 Å². The smallest absolute Gasteiger partial charge is 0.367 e. The highest BCUT2D eigenvalue weighted by Crippen LogP contribution is 2.28. The van der Waals surface area contributed by atoms with E-state index in [0.29, 0.717) is 6.54 Å². The molecule has 0 aliphatic carbocycles. The van der Waals surface area contributed by atoms with E-state index < -0.39 is 12.8 Å². The molecule has 7 heteroatoms. The second-order valence-corrected chi connectivity index (χ2v) is 7.16. The Balaban J connectivity index is 1.87. The van der Waals surface area contributed by atoms with E-state index in [1.807, 2.05) is 18.2 Å². The van der Waals surface area contributed by atoms with E-state index in [1.165, 1.54) is 0 Å². The molecule has 1 aliphatic heterocycles. The zero-order valence-corrected chi connectivity index (χ0v) is 15.0. The minimum absolute atomic E-state index is 0.0532. The highest BCUT2D eigenvalue weighted by atomic mass is 19.4. The number of likely N-dealkylation sites (tertiary alicyclic amines) is 1. The predicted octanol–water partition coefficient (Wildman–Crippen LogP) is 3.57. The molecule has 1 heterocycles. The standard InChI is InChI=1S/C18H26F3N3O/c1-17(2)7-8-24(12-17)16(22-3)23-10-14-5-4-6-15(9-14)11-25-13-18(19,20)21/h4-6,9H,7-8,10-13H2,1-3H3,(H,22,23). The SMILES string of the molecule is CN=C(NCc1cccc(COCC(F)(F)F)c1)N1CCC(C)(C)C1. The molecule has 1 aromatic rings. The van der Waals surface area contributed by atoms with Gasteiger partial charge < -0.3 is 15.0 Å². The average Bonchev–Trinajstić information content (AvgIpc) is 2.87. The van der Waals surface area contributed by atoms with E-state index in [1.54, 1.807) is 13.1 Å². The van der Waals surface area contributed by atoms with Gasteiger partial charge in [0.05, 0.1) is 6.61 Å². The Morgan fingerprint density at radius 3 is 2.64 bits per heavy atom. The molecule has 1 N–H and O–H groups in total. The molecule has 0 radical (unpaired) electrons. The van der Waals surface area contributed by atoms with Crippen molar-refractivity contribution in [2.45, 2.75) is 39.6 Å². The number of nitrogens with zero attached hydrogens (tertiary/aromatic N) is 2. The molecule has 1 saturated heterocycles. The molecule has 1 aromatic carbocycles. The lowest BCUT2D eigenvalue weighted by molar-refractivity contribution is -0.176. The highest BCUT2D eigenvalue weighted by molar-refractivity contribution is 5.80. The molecule has 2 rings (SSSR count). The van der Waals surface area contributed by atoms with E-state index in [-0.39, 0.29) is 12.0 Å². The largest absolute Gasteiger partial charge is 0.411 e. The summed E-state index contributed by atoms with van der Waals surface area (Å²) >= 11 is 0. The van der Waals surface area contributed by atoms with Crippen molar-refractivity contribution in [3.8, 4) is 0 Å². The molecule has 1 aliphatic rings. The van der Waals surface area contributed by atoms with Crippen molar-refractivity contribution in [1.29, 1.82) is 0 Å². The summed E-state index contributed by atoms with van der Waals surface area (Å²) in [5, 5.41) is 3.33. The van der Waals surface area contributed by atoms with Gasteiger partial charge in [0.2, 0.25) is 0 Å². The Morgan fingerprint density at radius 1 is 1.32 bits per heavy atom. The van der Waals surface area contributed by atoms with Crippen molar-refractivity contribution in [1.82, 2.24) is 10.2 Å². The third-order valence-corrected chi connectivity index (χ3v) is 4.17. The topological polar surface area (TPSA) is 36.9 Å². The van der Waals surface area contributed by atoms with Crippen LogP contribution in [0.3, 0.4) is 0 Å². The second-order valence-electron chi connectivity index (χ2n) is 7.16. The molecule has 0 unspecified atom stereocenters. The fraction of sp³-hybridized carbons (Fsp3) is 0.611. The van der Waals surface area contributed by atoms with Crippen LogP contribution in [-0.4, -0.2) is 43.8 Å². The number of aliphatic imine (C=N–C) groups is 1. The van der Waals surface area contributed by atoms with Gasteiger partial charge in [0.25, 0.3) is 0 Å². The first-order valence-corrected chi connectivity index (χ1v) is 8.36. The minimum Gasteiger partial charge on any atom is -0.367 e. The Hall–Kier alpha value is -1.76. The minimum atomic E-state index is -4.30. The zero-order valence-electron chi connectivity index (χ0n) is 15.0. The van der Waals surface area contributed by atoms with Crippen LogP contribution in [0.4, 0.5) is 13.2 Å². The molecule has 1 fully saturated rings. The molecule has 0 saturated carbocycles. The maximum atomic E-state index is 12.1. The summed E-state index contributed by atoms with van der Waals surface area (Å²) in [5.74, 6) is 0.851. The third-order valence-electron chi connectivity index (χ3n) is 4.17. The first-order valence-electron chi connectivity index (χ1n) is 8.36. The van der Waals surface area contributed by atoms with Crippen molar-refractivity contribution in [3.63, 3.8) is 0 Å². The van der Waals surface area contributed by atoms with Gasteiger partial charge in [-0.2, -0.15) is 13.2 Å². The van der Waals surface area contributed by atoms with Gasteiger partial charge in [-0.25, -0.2) is 0 Å². The monoisotopic (exact) mass is 357 g/mol.